The van der Waals surface area contributed by atoms with E-state index in [2.05, 4.69) is 192 Å². The fourth-order valence-corrected chi connectivity index (χ4v) is 11.8. The third-order valence-corrected chi connectivity index (χ3v) is 15.0. The van der Waals surface area contributed by atoms with E-state index in [9.17, 15) is 0 Å². The van der Waals surface area contributed by atoms with Crippen LogP contribution in [0, 0.1) is 41.5 Å². The first-order valence-corrected chi connectivity index (χ1v) is 20.9. The molecule has 6 heteroatoms. The molecule has 272 valence electrons. The summed E-state index contributed by atoms with van der Waals surface area (Å²) in [7, 11) is -2.75. The minimum Gasteiger partial charge on any atom is -0.512 e. The average molecular weight is 747 g/mol. The maximum absolute atomic E-state index is 8.34. The predicted molar refractivity (Wildman–Crippen MR) is 236 cm³/mol. The largest absolute Gasteiger partial charge is 0.707 e. The van der Waals surface area contributed by atoms with Gasteiger partial charge >= 0.3 is 7.32 Å². The van der Waals surface area contributed by atoms with E-state index in [1.807, 2.05) is 6.07 Å². The number of aryl methyl sites for hydroxylation is 6. The van der Waals surface area contributed by atoms with Gasteiger partial charge in [-0.15, -0.1) is 0 Å². The lowest BCUT2D eigenvalue weighted by Crippen LogP contribution is -2.25. The molecule has 0 bridgehead atoms. The van der Waals surface area contributed by atoms with Crippen molar-refractivity contribution in [1.29, 1.82) is 0 Å². The lowest BCUT2D eigenvalue weighted by molar-refractivity contribution is 0.288. The highest BCUT2D eigenvalue weighted by Crippen LogP contribution is 2.37. The maximum atomic E-state index is 8.34. The Bertz CT molecular complexity index is 1890. The first-order valence-electron chi connectivity index (χ1n) is 18.2. The second-order valence-corrected chi connectivity index (χ2v) is 17.4. The Balaban J connectivity index is 0.000000167. The fraction of sp³-hybridized carbons (Fsp3) is 0.125. The molecular weight excluding hydrogens is 697 g/mol. The summed E-state index contributed by atoms with van der Waals surface area (Å²) < 4.78 is 4.53. The van der Waals surface area contributed by atoms with Crippen LogP contribution in [0.25, 0.3) is 0 Å². The lowest BCUT2D eigenvalue weighted by atomic mass is 10.2. The third-order valence-electron chi connectivity index (χ3n) is 9.12. The van der Waals surface area contributed by atoms with Crippen LogP contribution in [0.3, 0.4) is 0 Å². The summed E-state index contributed by atoms with van der Waals surface area (Å²) in [5.74, 6) is 0.442. The highest BCUT2D eigenvalue weighted by molar-refractivity contribution is 7.80. The topological polar surface area (TPSA) is 49.7 Å². The molecule has 7 aromatic carbocycles. The Morgan fingerprint density at radius 2 is 0.519 bits per heavy atom. The van der Waals surface area contributed by atoms with Crippen molar-refractivity contribution in [3.63, 3.8) is 0 Å². The summed E-state index contributed by atoms with van der Waals surface area (Å²) >= 11 is 0. The zero-order chi connectivity index (χ0) is 38.5. The monoisotopic (exact) mass is 746 g/mol. The molecule has 0 amide bonds. The second kappa shape index (κ2) is 20.0. The second-order valence-electron chi connectivity index (χ2n) is 13.1. The number of benzene rings is 7. The molecule has 0 radical (unpaired) electrons. The molecule has 0 unspecified atom stereocenters. The minimum atomic E-state index is -1.73. The van der Waals surface area contributed by atoms with E-state index >= 15 is 0 Å². The molecule has 0 heterocycles. The van der Waals surface area contributed by atoms with Crippen molar-refractivity contribution in [3.8, 4) is 5.75 Å². The van der Waals surface area contributed by atoms with Crippen molar-refractivity contribution in [3.05, 3.63) is 209 Å². The van der Waals surface area contributed by atoms with Crippen molar-refractivity contribution >= 4 is 55.0 Å². The Kier molecular flexibility index (Phi) is 15.0. The molecule has 0 saturated heterocycles. The summed E-state index contributed by atoms with van der Waals surface area (Å²) in [5, 5.41) is 25.4. The number of hydrogen-bond acceptors (Lipinski definition) is 3. The van der Waals surface area contributed by atoms with E-state index in [0.717, 1.165) is 0 Å². The lowest BCUT2D eigenvalue weighted by Gasteiger charge is -2.24. The van der Waals surface area contributed by atoms with Gasteiger partial charge in [0.15, 0.2) is 0 Å². The summed E-state index contributed by atoms with van der Waals surface area (Å²) in [6.45, 7) is 13.3. The number of para-hydroxylation sites is 1. The van der Waals surface area contributed by atoms with Crippen LogP contribution in [0.15, 0.2) is 176 Å². The normalized spacial score (nSPS) is 10.6. The standard InChI is InChI=1S/2C21H21P.C6H7BO3/c2*1-16-10-4-7-13-19(16)22(20-14-8-5-11-17(20)2)21-15-9-6-12-18(21)3;8-7(9)10-6-4-2-1-3-5-6/h2*4-15H,1-3H3;1-5,8-9H. The summed E-state index contributed by atoms with van der Waals surface area (Å²) in [4.78, 5) is 0. The maximum Gasteiger partial charge on any atom is 0.707 e. The van der Waals surface area contributed by atoms with Crippen LogP contribution in [0.5, 0.6) is 5.75 Å². The van der Waals surface area contributed by atoms with E-state index in [4.69, 9.17) is 10.0 Å². The van der Waals surface area contributed by atoms with Gasteiger partial charge in [0, 0.05) is 0 Å². The molecule has 0 aliphatic rings. The van der Waals surface area contributed by atoms with Crippen LogP contribution in [-0.2, 0) is 0 Å². The van der Waals surface area contributed by atoms with Crippen molar-refractivity contribution in [2.45, 2.75) is 41.5 Å². The van der Waals surface area contributed by atoms with Crippen molar-refractivity contribution in [2.75, 3.05) is 0 Å². The van der Waals surface area contributed by atoms with E-state index < -0.39 is 23.2 Å². The Morgan fingerprint density at radius 3 is 0.722 bits per heavy atom. The summed E-state index contributed by atoms with van der Waals surface area (Å²) in [6, 6.07) is 61.4. The predicted octanol–water partition coefficient (Wildman–Crippen LogP) is 8.78. The van der Waals surface area contributed by atoms with Gasteiger partial charge in [0.2, 0.25) is 0 Å². The van der Waals surface area contributed by atoms with Gasteiger partial charge in [-0.3, -0.25) is 0 Å². The molecule has 0 aliphatic carbocycles. The SMILES string of the molecule is Cc1ccccc1P(c1ccccc1C)c1ccccc1C.Cc1ccccc1P(c1ccccc1C)c1ccccc1C.OB(O)Oc1ccccc1. The van der Waals surface area contributed by atoms with E-state index in [-0.39, 0.29) is 0 Å². The molecule has 0 atom stereocenters. The molecule has 0 aliphatic heterocycles. The molecule has 0 fully saturated rings. The Hall–Kier alpha value is -4.82. The number of hydrogen-bond donors (Lipinski definition) is 2. The number of rotatable bonds is 8. The van der Waals surface area contributed by atoms with Gasteiger partial charge in [-0.05, 0) is 135 Å². The van der Waals surface area contributed by atoms with Gasteiger partial charge < -0.3 is 14.7 Å². The van der Waals surface area contributed by atoms with Gasteiger partial charge in [0.1, 0.15) is 5.75 Å². The molecule has 0 spiro atoms. The van der Waals surface area contributed by atoms with Crippen molar-refractivity contribution in [2.24, 2.45) is 0 Å². The van der Waals surface area contributed by atoms with Crippen LogP contribution in [0.2, 0.25) is 0 Å². The third kappa shape index (κ3) is 10.7. The molecule has 7 aromatic rings. The van der Waals surface area contributed by atoms with Crippen LogP contribution >= 0.6 is 15.8 Å². The van der Waals surface area contributed by atoms with Gasteiger partial charge in [-0.2, -0.15) is 0 Å². The van der Waals surface area contributed by atoms with Gasteiger partial charge in [0.05, 0.1) is 0 Å². The highest BCUT2D eigenvalue weighted by atomic mass is 31.1. The molecule has 7 rings (SSSR count). The van der Waals surface area contributed by atoms with Crippen LogP contribution < -0.4 is 36.5 Å². The van der Waals surface area contributed by atoms with E-state index in [1.165, 1.54) is 65.2 Å². The Morgan fingerprint density at radius 1 is 0.315 bits per heavy atom. The molecule has 2 N–H and O–H groups in total. The smallest absolute Gasteiger partial charge is 0.512 e. The van der Waals surface area contributed by atoms with Crippen molar-refractivity contribution in [1.82, 2.24) is 0 Å². The first kappa shape index (κ1) is 40.4. The van der Waals surface area contributed by atoms with Gasteiger partial charge in [0.25, 0.3) is 0 Å². The summed E-state index contributed by atoms with van der Waals surface area (Å²) in [6.07, 6.45) is 0. The zero-order valence-electron chi connectivity index (χ0n) is 32.0. The molecular formula is C48H49BO3P2. The first-order chi connectivity index (χ1) is 26.2. The van der Waals surface area contributed by atoms with Crippen LogP contribution in [-0.4, -0.2) is 17.4 Å². The minimum absolute atomic E-state index is 0.442. The average Bonchev–Trinajstić information content (AvgIpc) is 3.17. The summed E-state index contributed by atoms with van der Waals surface area (Å²) in [5.41, 5.74) is 8.25. The highest BCUT2D eigenvalue weighted by Gasteiger charge is 2.22. The molecule has 0 saturated carbocycles. The Labute approximate surface area is 325 Å². The quantitative estimate of drug-likeness (QED) is 0.121. The van der Waals surface area contributed by atoms with Crippen LogP contribution in [0.1, 0.15) is 33.4 Å². The van der Waals surface area contributed by atoms with Crippen molar-refractivity contribution < 1.29 is 14.7 Å². The van der Waals surface area contributed by atoms with Crippen LogP contribution in [0.4, 0.5) is 0 Å². The van der Waals surface area contributed by atoms with Gasteiger partial charge in [-0.25, -0.2) is 0 Å². The molecule has 54 heavy (non-hydrogen) atoms. The zero-order valence-corrected chi connectivity index (χ0v) is 33.8. The molecule has 3 nitrogen and oxygen atoms in total. The fourth-order valence-electron chi connectivity index (χ4n) is 6.29. The van der Waals surface area contributed by atoms with Gasteiger partial charge in [-0.1, -0.05) is 164 Å². The van der Waals surface area contributed by atoms with E-state index in [1.54, 1.807) is 24.3 Å². The van der Waals surface area contributed by atoms with E-state index in [0.29, 0.717) is 5.75 Å². The molecule has 0 aromatic heterocycles.